The summed E-state index contributed by atoms with van der Waals surface area (Å²) in [5, 5.41) is 4.16. The molecule has 0 aromatic heterocycles. The van der Waals surface area contributed by atoms with Crippen LogP contribution < -0.4 is 5.32 Å². The van der Waals surface area contributed by atoms with Gasteiger partial charge in [-0.15, -0.1) is 0 Å². The Bertz CT molecular complexity index is 445. The number of nitrogens with one attached hydrogen (secondary N) is 1. The van der Waals surface area contributed by atoms with Gasteiger partial charge in [-0.25, -0.2) is 0 Å². The second-order valence-corrected chi connectivity index (χ2v) is 6.50. The predicted molar refractivity (Wildman–Crippen MR) is 84.2 cm³/mol. The summed E-state index contributed by atoms with van der Waals surface area (Å²) in [5.74, 6) is 2.84. The van der Waals surface area contributed by atoms with E-state index < -0.39 is 0 Å². The molecular weight excluding hydrogens is 252 g/mol. The van der Waals surface area contributed by atoms with Crippen LogP contribution in [-0.4, -0.2) is 23.6 Å². The number of benzene rings is 1. The Morgan fingerprint density at radius 1 is 1.26 bits per heavy atom. The minimum Gasteiger partial charge on any atom is -0.352 e. The zero-order valence-corrected chi connectivity index (χ0v) is 12.3. The van der Waals surface area contributed by atoms with Gasteiger partial charge in [-0.1, -0.05) is 24.6 Å². The quantitative estimate of drug-likeness (QED) is 0.845. The summed E-state index contributed by atoms with van der Waals surface area (Å²) in [6.45, 7) is 1.11. The summed E-state index contributed by atoms with van der Waals surface area (Å²) in [6.07, 6.45) is 5.81. The van der Waals surface area contributed by atoms with Gasteiger partial charge in [0.25, 0.3) is 0 Å². The Balaban J connectivity index is 1.52. The molecule has 19 heavy (non-hydrogen) atoms. The molecule has 2 fully saturated rings. The third-order valence-corrected chi connectivity index (χ3v) is 5.18. The van der Waals surface area contributed by atoms with E-state index >= 15 is 0 Å². The van der Waals surface area contributed by atoms with Crippen LogP contribution in [0.3, 0.4) is 0 Å². The second-order valence-electron chi connectivity index (χ2n) is 6.11. The summed E-state index contributed by atoms with van der Waals surface area (Å²) >= 11 is 5.49. The number of fused-ring (bicyclic) bond motifs is 2. The topological polar surface area (TPSA) is 15.3 Å². The molecule has 3 rings (SSSR count). The molecule has 1 aromatic carbocycles. The molecule has 1 aromatic rings. The van der Waals surface area contributed by atoms with Gasteiger partial charge >= 0.3 is 0 Å². The lowest BCUT2D eigenvalue weighted by Crippen LogP contribution is -2.36. The highest BCUT2D eigenvalue weighted by Gasteiger charge is 2.39. The molecule has 2 bridgehead atoms. The molecule has 2 aliphatic rings. The number of nitrogens with zero attached hydrogens (tertiary/aromatic N) is 1. The maximum absolute atomic E-state index is 5.49. The van der Waals surface area contributed by atoms with E-state index in [1.165, 1.54) is 25.7 Å². The molecule has 0 spiro atoms. The van der Waals surface area contributed by atoms with Crippen LogP contribution in [0.2, 0.25) is 0 Å². The lowest BCUT2D eigenvalue weighted by molar-refractivity contribution is 0.278. The van der Waals surface area contributed by atoms with Gasteiger partial charge in [-0.2, -0.15) is 0 Å². The molecule has 2 saturated carbocycles. The molecular formula is C16H22N2S. The monoisotopic (exact) mass is 274 g/mol. The van der Waals surface area contributed by atoms with E-state index in [0.29, 0.717) is 0 Å². The summed E-state index contributed by atoms with van der Waals surface area (Å²) in [6, 6.07) is 10.2. The Hall–Kier alpha value is -1.09. The fourth-order valence-electron chi connectivity index (χ4n) is 3.78. The number of anilines is 1. The summed E-state index contributed by atoms with van der Waals surface area (Å²) in [7, 11) is 2.12. The van der Waals surface area contributed by atoms with Gasteiger partial charge in [0.1, 0.15) is 0 Å². The molecule has 3 atom stereocenters. The molecule has 0 amide bonds. The Kier molecular flexibility index (Phi) is 3.74. The first-order valence-electron chi connectivity index (χ1n) is 7.29. The predicted octanol–water partition coefficient (Wildman–Crippen LogP) is 3.75. The smallest absolute Gasteiger partial charge is 0.173 e. The zero-order chi connectivity index (χ0) is 13.2. The zero-order valence-electron chi connectivity index (χ0n) is 11.5. The van der Waals surface area contributed by atoms with Crippen molar-refractivity contribution in [2.24, 2.45) is 17.8 Å². The van der Waals surface area contributed by atoms with Gasteiger partial charge in [-0.3, -0.25) is 0 Å². The van der Waals surface area contributed by atoms with Crippen molar-refractivity contribution in [2.45, 2.75) is 25.7 Å². The van der Waals surface area contributed by atoms with Gasteiger partial charge in [0.15, 0.2) is 5.11 Å². The number of hydrogen-bond donors (Lipinski definition) is 1. The fourth-order valence-corrected chi connectivity index (χ4v) is 3.97. The normalized spacial score (nSPS) is 28.4. The van der Waals surface area contributed by atoms with E-state index in [9.17, 15) is 0 Å². The van der Waals surface area contributed by atoms with Crippen molar-refractivity contribution in [3.8, 4) is 0 Å². The average molecular weight is 274 g/mol. The first-order valence-corrected chi connectivity index (χ1v) is 7.70. The summed E-state index contributed by atoms with van der Waals surface area (Å²) in [4.78, 5) is 2.22. The SMILES string of the molecule is CN(CC1CC2CCC1C2)C(=S)Nc1ccccc1. The van der Waals surface area contributed by atoms with E-state index in [0.717, 1.165) is 35.1 Å². The Morgan fingerprint density at radius 2 is 2.05 bits per heavy atom. The Morgan fingerprint density at radius 3 is 2.68 bits per heavy atom. The van der Waals surface area contributed by atoms with Crippen molar-refractivity contribution >= 4 is 23.0 Å². The van der Waals surface area contributed by atoms with Gasteiger partial charge in [-0.05, 0) is 61.4 Å². The maximum atomic E-state index is 5.49. The minimum atomic E-state index is 0.842. The molecule has 1 N–H and O–H groups in total. The van der Waals surface area contributed by atoms with Crippen LogP contribution in [0.25, 0.3) is 0 Å². The maximum Gasteiger partial charge on any atom is 0.173 e. The molecule has 0 radical (unpaired) electrons. The first-order chi connectivity index (χ1) is 9.22. The first kappa shape index (κ1) is 12.9. The van der Waals surface area contributed by atoms with Crippen LogP contribution in [0.15, 0.2) is 30.3 Å². The van der Waals surface area contributed by atoms with Crippen LogP contribution in [0, 0.1) is 17.8 Å². The van der Waals surface area contributed by atoms with Crippen molar-refractivity contribution in [3.63, 3.8) is 0 Å². The third kappa shape index (κ3) is 2.92. The number of thiocarbonyl (C=S) groups is 1. The Labute approximate surface area is 121 Å². The van der Waals surface area contributed by atoms with E-state index in [1.807, 2.05) is 18.2 Å². The van der Waals surface area contributed by atoms with Crippen LogP contribution >= 0.6 is 12.2 Å². The molecule has 0 heterocycles. The number of hydrogen-bond acceptors (Lipinski definition) is 1. The highest BCUT2D eigenvalue weighted by molar-refractivity contribution is 7.80. The largest absolute Gasteiger partial charge is 0.352 e. The molecule has 0 aliphatic heterocycles. The summed E-state index contributed by atoms with van der Waals surface area (Å²) in [5.41, 5.74) is 1.08. The second kappa shape index (κ2) is 5.49. The minimum absolute atomic E-state index is 0.842. The van der Waals surface area contributed by atoms with Crippen molar-refractivity contribution in [2.75, 3.05) is 18.9 Å². The summed E-state index contributed by atoms with van der Waals surface area (Å²) < 4.78 is 0. The van der Waals surface area contributed by atoms with Gasteiger partial charge in [0, 0.05) is 19.3 Å². The van der Waals surface area contributed by atoms with Crippen molar-refractivity contribution in [3.05, 3.63) is 30.3 Å². The van der Waals surface area contributed by atoms with Crippen LogP contribution in [-0.2, 0) is 0 Å². The van der Waals surface area contributed by atoms with E-state index in [1.54, 1.807) is 0 Å². The van der Waals surface area contributed by atoms with E-state index in [-0.39, 0.29) is 0 Å². The standard InChI is InChI=1S/C16H22N2S/c1-18(11-14-10-12-7-8-13(14)9-12)16(19)17-15-5-3-2-4-6-15/h2-6,12-14H,7-11H2,1H3,(H,17,19). The molecule has 3 unspecified atom stereocenters. The number of para-hydroxylation sites is 1. The van der Waals surface area contributed by atoms with E-state index in [4.69, 9.17) is 12.2 Å². The highest BCUT2D eigenvalue weighted by Crippen LogP contribution is 2.48. The van der Waals surface area contributed by atoms with Gasteiger partial charge < -0.3 is 10.2 Å². The molecule has 0 saturated heterocycles. The van der Waals surface area contributed by atoms with Crippen molar-refractivity contribution in [1.82, 2.24) is 4.90 Å². The molecule has 102 valence electrons. The highest BCUT2D eigenvalue weighted by atomic mass is 32.1. The van der Waals surface area contributed by atoms with Crippen molar-refractivity contribution in [1.29, 1.82) is 0 Å². The molecule has 2 nitrogen and oxygen atoms in total. The van der Waals surface area contributed by atoms with Crippen molar-refractivity contribution < 1.29 is 0 Å². The van der Waals surface area contributed by atoms with Crippen LogP contribution in [0.4, 0.5) is 5.69 Å². The lowest BCUT2D eigenvalue weighted by atomic mass is 9.88. The van der Waals surface area contributed by atoms with Gasteiger partial charge in [0.05, 0.1) is 0 Å². The van der Waals surface area contributed by atoms with E-state index in [2.05, 4.69) is 29.4 Å². The lowest BCUT2D eigenvalue weighted by Gasteiger charge is -2.29. The fraction of sp³-hybridized carbons (Fsp3) is 0.562. The third-order valence-electron chi connectivity index (χ3n) is 4.76. The van der Waals surface area contributed by atoms with Crippen LogP contribution in [0.5, 0.6) is 0 Å². The molecule has 2 aliphatic carbocycles. The number of rotatable bonds is 3. The van der Waals surface area contributed by atoms with Crippen LogP contribution in [0.1, 0.15) is 25.7 Å². The van der Waals surface area contributed by atoms with Gasteiger partial charge in [0.2, 0.25) is 0 Å². The molecule has 3 heteroatoms. The average Bonchev–Trinajstić information content (AvgIpc) is 3.02.